The molecule has 6 rings (SSSR count). The van der Waals surface area contributed by atoms with Crippen LogP contribution in [0.2, 0.25) is 5.02 Å². The number of hydrazine groups is 1. The van der Waals surface area contributed by atoms with Crippen LogP contribution in [-0.2, 0) is 10.3 Å². The van der Waals surface area contributed by atoms with Gasteiger partial charge in [-0.2, -0.15) is 5.10 Å². The number of nitrogens with one attached hydrogen (secondary N) is 1. The lowest BCUT2D eigenvalue weighted by Crippen LogP contribution is -2.59. The molecule has 2 heterocycles. The Hall–Kier alpha value is -1.64. The van der Waals surface area contributed by atoms with E-state index in [4.69, 9.17) is 11.6 Å². The van der Waals surface area contributed by atoms with Gasteiger partial charge in [-0.1, -0.05) is 11.6 Å². The Morgan fingerprint density at radius 2 is 1.90 bits per heavy atom. The van der Waals surface area contributed by atoms with Gasteiger partial charge >= 0.3 is 5.97 Å². The van der Waals surface area contributed by atoms with Gasteiger partial charge in [0.05, 0.1) is 23.8 Å². The van der Waals surface area contributed by atoms with Gasteiger partial charge in [0.15, 0.2) is 0 Å². The van der Waals surface area contributed by atoms with Gasteiger partial charge in [0, 0.05) is 26.2 Å². The van der Waals surface area contributed by atoms with Gasteiger partial charge in [-0.25, -0.2) is 9.69 Å². The molecule has 2 atom stereocenters. The third-order valence-electron chi connectivity index (χ3n) is 7.83. The lowest BCUT2D eigenvalue weighted by Gasteiger charge is -2.61. The summed E-state index contributed by atoms with van der Waals surface area (Å²) in [6.07, 6.45) is 7.45. The van der Waals surface area contributed by atoms with E-state index in [1.54, 1.807) is 10.9 Å². The summed E-state index contributed by atoms with van der Waals surface area (Å²) in [5, 5.41) is 16.3. The number of likely N-dealkylation sites (N-methyl/N-ethyl adjacent to an activating group) is 1. The van der Waals surface area contributed by atoms with Crippen molar-refractivity contribution in [2.24, 2.45) is 17.3 Å². The van der Waals surface area contributed by atoms with Crippen molar-refractivity contribution >= 4 is 23.3 Å². The van der Waals surface area contributed by atoms with Crippen LogP contribution in [0.4, 0.5) is 5.69 Å². The minimum atomic E-state index is -0.739. The Bertz CT molecular complexity index is 896. The Morgan fingerprint density at radius 1 is 1.23 bits per heavy atom. The molecule has 0 aromatic carbocycles. The zero-order valence-electron chi connectivity index (χ0n) is 17.4. The molecule has 4 saturated carbocycles. The second kappa shape index (κ2) is 7.21. The van der Waals surface area contributed by atoms with Crippen molar-refractivity contribution in [1.82, 2.24) is 19.7 Å². The summed E-state index contributed by atoms with van der Waals surface area (Å²) in [6, 6.07) is 0. The molecule has 30 heavy (non-hydrogen) atoms. The summed E-state index contributed by atoms with van der Waals surface area (Å²) in [5.41, 5.74) is 2.95. The van der Waals surface area contributed by atoms with Gasteiger partial charge in [0.1, 0.15) is 5.02 Å². The molecule has 5 aliphatic rings. The monoisotopic (exact) mass is 435 g/mol. The van der Waals surface area contributed by atoms with Gasteiger partial charge < -0.3 is 15.4 Å². The summed E-state index contributed by atoms with van der Waals surface area (Å²) in [7, 11) is 2.09. The lowest BCUT2D eigenvalue weighted by molar-refractivity contribution is -0.151. The highest BCUT2D eigenvalue weighted by molar-refractivity contribution is 6.32. The van der Waals surface area contributed by atoms with E-state index >= 15 is 0 Å². The number of carboxylic acid groups (broad SMARTS) is 1. The van der Waals surface area contributed by atoms with E-state index in [9.17, 15) is 14.7 Å². The average molecular weight is 436 g/mol. The number of aliphatic carboxylic acids is 1. The molecular formula is C21H30ClN5O3. The zero-order chi connectivity index (χ0) is 21.1. The molecule has 1 aromatic heterocycles. The molecule has 2 N–H and O–H groups in total. The molecule has 1 aromatic rings. The molecule has 2 unspecified atom stereocenters. The van der Waals surface area contributed by atoms with Gasteiger partial charge in [-0.15, -0.1) is 0 Å². The highest BCUT2D eigenvalue weighted by atomic mass is 35.5. The fraction of sp³-hybridized carbons (Fsp3) is 0.762. The molecule has 0 amide bonds. The predicted octanol–water partition coefficient (Wildman–Crippen LogP) is 2.24. The van der Waals surface area contributed by atoms with Crippen molar-refractivity contribution in [1.29, 1.82) is 0 Å². The van der Waals surface area contributed by atoms with Crippen molar-refractivity contribution in [3.8, 4) is 0 Å². The topological polar surface area (TPSA) is 90.7 Å². The molecule has 1 aliphatic heterocycles. The van der Waals surface area contributed by atoms with Crippen LogP contribution in [0.1, 0.15) is 44.9 Å². The van der Waals surface area contributed by atoms with Crippen molar-refractivity contribution in [2.75, 3.05) is 38.7 Å². The molecule has 164 valence electrons. The summed E-state index contributed by atoms with van der Waals surface area (Å²) in [4.78, 5) is 27.1. The maximum Gasteiger partial charge on any atom is 0.303 e. The number of hydrogen-bond donors (Lipinski definition) is 2. The molecular weight excluding hydrogens is 406 g/mol. The Balaban J connectivity index is 1.43. The van der Waals surface area contributed by atoms with Crippen molar-refractivity contribution < 1.29 is 9.90 Å². The Labute approximate surface area is 181 Å². The first-order valence-corrected chi connectivity index (χ1v) is 11.4. The van der Waals surface area contributed by atoms with E-state index in [0.717, 1.165) is 58.3 Å². The summed E-state index contributed by atoms with van der Waals surface area (Å²) < 4.78 is 1.61. The summed E-state index contributed by atoms with van der Waals surface area (Å²) in [6.45, 7) is 3.60. The van der Waals surface area contributed by atoms with Crippen LogP contribution < -0.4 is 11.0 Å². The number of aromatic nitrogens is 2. The fourth-order valence-electron chi connectivity index (χ4n) is 7.11. The standard InChI is InChI=1S/C21H30ClN5O3/c1-25-2-4-26(5-3-25)24-16-12-23-27(19(30)18(16)22)21-9-14-6-15(10-21)8-20(7-14,13-21)11-17(28)29/h12,14-15,24H,2-11,13H2,1H3,(H,28,29). The number of halogens is 1. The van der Waals surface area contributed by atoms with E-state index in [2.05, 4.69) is 27.5 Å². The maximum absolute atomic E-state index is 13.3. The lowest BCUT2D eigenvalue weighted by atomic mass is 9.46. The number of anilines is 1. The molecule has 4 bridgehead atoms. The summed E-state index contributed by atoms with van der Waals surface area (Å²) in [5.74, 6) is 0.208. The first-order valence-electron chi connectivity index (χ1n) is 11.0. The van der Waals surface area contributed by atoms with Gasteiger partial charge in [0.2, 0.25) is 0 Å². The van der Waals surface area contributed by atoms with E-state index in [1.807, 2.05) is 0 Å². The average Bonchev–Trinajstić information content (AvgIpc) is 2.65. The molecule has 5 fully saturated rings. The van der Waals surface area contributed by atoms with Crippen LogP contribution >= 0.6 is 11.6 Å². The van der Waals surface area contributed by atoms with E-state index < -0.39 is 11.5 Å². The normalized spacial score (nSPS) is 36.2. The number of carbonyl (C=O) groups is 1. The highest BCUT2D eigenvalue weighted by Gasteiger charge is 2.59. The van der Waals surface area contributed by atoms with E-state index in [-0.39, 0.29) is 22.4 Å². The second-order valence-corrected chi connectivity index (χ2v) is 10.6. The van der Waals surface area contributed by atoms with Crippen LogP contribution in [-0.4, -0.2) is 64.0 Å². The van der Waals surface area contributed by atoms with Gasteiger partial charge in [-0.05, 0) is 62.8 Å². The third kappa shape index (κ3) is 3.42. The third-order valence-corrected chi connectivity index (χ3v) is 8.19. The van der Waals surface area contributed by atoms with E-state index in [1.165, 1.54) is 0 Å². The van der Waals surface area contributed by atoms with Crippen molar-refractivity contribution in [2.45, 2.75) is 50.5 Å². The number of carboxylic acids is 1. The number of nitrogens with zero attached hydrogens (tertiary/aromatic N) is 4. The predicted molar refractivity (Wildman–Crippen MR) is 114 cm³/mol. The maximum atomic E-state index is 13.3. The Kier molecular flexibility index (Phi) is 4.87. The van der Waals surface area contributed by atoms with E-state index in [0.29, 0.717) is 23.9 Å². The molecule has 0 spiro atoms. The minimum Gasteiger partial charge on any atom is -0.481 e. The molecule has 9 heteroatoms. The first kappa shape index (κ1) is 20.3. The van der Waals surface area contributed by atoms with Gasteiger partial charge in [0.25, 0.3) is 5.56 Å². The first-order chi connectivity index (χ1) is 14.3. The Morgan fingerprint density at radius 3 is 2.53 bits per heavy atom. The number of hydrogen-bond acceptors (Lipinski definition) is 6. The zero-order valence-corrected chi connectivity index (χ0v) is 18.2. The fourth-order valence-corrected chi connectivity index (χ4v) is 7.29. The molecule has 1 saturated heterocycles. The van der Waals surface area contributed by atoms with Crippen LogP contribution in [0, 0.1) is 17.3 Å². The SMILES string of the molecule is CN1CCN(Nc2cnn(C34CC5CC(CC(CC(=O)O)(C5)C3)C4)c(=O)c2Cl)CC1. The minimum absolute atomic E-state index is 0.173. The largest absolute Gasteiger partial charge is 0.481 e. The van der Waals surface area contributed by atoms with Gasteiger partial charge in [-0.3, -0.25) is 9.59 Å². The number of piperazine rings is 1. The second-order valence-electron chi connectivity index (χ2n) is 10.2. The quantitative estimate of drug-likeness (QED) is 0.732. The molecule has 0 radical (unpaired) electrons. The van der Waals surface area contributed by atoms with Crippen molar-refractivity contribution in [3.63, 3.8) is 0 Å². The molecule has 4 aliphatic carbocycles. The summed E-state index contributed by atoms with van der Waals surface area (Å²) >= 11 is 6.54. The highest BCUT2D eigenvalue weighted by Crippen LogP contribution is 2.65. The number of rotatable bonds is 5. The van der Waals surface area contributed by atoms with Crippen LogP contribution in [0.3, 0.4) is 0 Å². The van der Waals surface area contributed by atoms with Crippen LogP contribution in [0.25, 0.3) is 0 Å². The van der Waals surface area contributed by atoms with Crippen LogP contribution in [0.5, 0.6) is 0 Å². The molecule has 8 nitrogen and oxygen atoms in total. The van der Waals surface area contributed by atoms with Crippen molar-refractivity contribution in [3.05, 3.63) is 21.6 Å². The smallest absolute Gasteiger partial charge is 0.303 e. The van der Waals surface area contributed by atoms with Crippen LogP contribution in [0.15, 0.2) is 11.0 Å².